The fourth-order valence-electron chi connectivity index (χ4n) is 1.71. The molecule has 1 aliphatic rings. The average Bonchev–Trinajstić information content (AvgIpc) is 2.53. The molecule has 2 heterocycles. The summed E-state index contributed by atoms with van der Waals surface area (Å²) < 4.78 is 38.3. The van der Waals surface area contributed by atoms with Crippen LogP contribution >= 0.6 is 0 Å². The fraction of sp³-hybridized carbons (Fsp3) is 0.500. The number of anilines is 1. The first-order valence-electron chi connectivity index (χ1n) is 5.42. The number of hydrazine groups is 1. The first kappa shape index (κ1) is 12.6. The maximum absolute atomic E-state index is 12.8. The Bertz CT molecular complexity index is 449. The van der Waals surface area contributed by atoms with Gasteiger partial charge in [-0.1, -0.05) is 0 Å². The number of alkyl halides is 3. The van der Waals surface area contributed by atoms with Gasteiger partial charge in [0.1, 0.15) is 11.9 Å². The minimum atomic E-state index is -4.55. The number of nitrogens with zero attached hydrogens (tertiary/aromatic N) is 3. The third kappa shape index (κ3) is 2.69. The molecule has 0 atom stereocenters. The Balaban J connectivity index is 2.34. The number of carbonyl (C=O) groups is 1. The predicted octanol–water partition coefficient (Wildman–Crippen LogP) is 1.52. The number of halogens is 3. The number of hydrogen-bond donors (Lipinski definition) is 1. The van der Waals surface area contributed by atoms with Crippen molar-refractivity contribution in [3.63, 3.8) is 0 Å². The molecule has 0 aromatic carbocycles. The molecule has 1 aromatic rings. The lowest BCUT2D eigenvalue weighted by Crippen LogP contribution is -2.42. The van der Waals surface area contributed by atoms with E-state index in [2.05, 4.69) is 15.4 Å². The minimum Gasteiger partial charge on any atom is -0.273 e. The van der Waals surface area contributed by atoms with Gasteiger partial charge in [0.05, 0.1) is 0 Å². The summed E-state index contributed by atoms with van der Waals surface area (Å²) >= 11 is 0. The second-order valence-electron chi connectivity index (χ2n) is 3.90. The molecule has 1 saturated heterocycles. The number of carbonyl (C=O) groups excluding carboxylic acids is 1. The highest BCUT2D eigenvalue weighted by atomic mass is 19.4. The van der Waals surface area contributed by atoms with Crippen LogP contribution in [0.25, 0.3) is 0 Å². The maximum atomic E-state index is 12.8. The summed E-state index contributed by atoms with van der Waals surface area (Å²) in [4.78, 5) is 18.4. The van der Waals surface area contributed by atoms with Crippen LogP contribution in [0.2, 0.25) is 0 Å². The van der Waals surface area contributed by atoms with Crippen molar-refractivity contribution >= 4 is 11.7 Å². The van der Waals surface area contributed by atoms with Gasteiger partial charge in [0, 0.05) is 19.2 Å². The quantitative estimate of drug-likeness (QED) is 0.831. The maximum Gasteiger partial charge on any atom is 0.421 e. The molecule has 2 rings (SSSR count). The van der Waals surface area contributed by atoms with E-state index in [4.69, 9.17) is 0 Å². The predicted molar refractivity (Wildman–Crippen MR) is 56.4 cm³/mol. The summed E-state index contributed by atoms with van der Waals surface area (Å²) in [7, 11) is 0. The van der Waals surface area contributed by atoms with E-state index in [0.717, 1.165) is 11.3 Å². The third-order valence-corrected chi connectivity index (χ3v) is 2.55. The molecule has 8 heteroatoms. The summed E-state index contributed by atoms with van der Waals surface area (Å²) in [5.74, 6) is -0.619. The molecule has 1 fully saturated rings. The van der Waals surface area contributed by atoms with Gasteiger partial charge in [-0.2, -0.15) is 13.2 Å². The van der Waals surface area contributed by atoms with Gasteiger partial charge in [0.15, 0.2) is 5.82 Å². The molecule has 18 heavy (non-hydrogen) atoms. The molecule has 1 amide bonds. The van der Waals surface area contributed by atoms with Gasteiger partial charge in [-0.15, -0.1) is 0 Å². The lowest BCUT2D eigenvalue weighted by Gasteiger charge is -2.24. The number of hydrogen-bond acceptors (Lipinski definition) is 4. The molecule has 0 unspecified atom stereocenters. The molecular weight excluding hydrogens is 249 g/mol. The number of aromatic nitrogens is 2. The zero-order valence-electron chi connectivity index (χ0n) is 9.37. The van der Waals surface area contributed by atoms with Crippen molar-refractivity contribution in [3.8, 4) is 0 Å². The van der Waals surface area contributed by atoms with E-state index in [1.54, 1.807) is 0 Å². The topological polar surface area (TPSA) is 58.1 Å². The number of rotatable bonds is 1. The van der Waals surface area contributed by atoms with Crippen molar-refractivity contribution in [2.45, 2.75) is 25.4 Å². The Kier molecular flexibility index (Phi) is 3.35. The lowest BCUT2D eigenvalue weighted by atomic mass is 10.2. The Labute approximate surface area is 101 Å². The van der Waals surface area contributed by atoms with Crippen molar-refractivity contribution in [2.75, 3.05) is 11.6 Å². The molecule has 1 aliphatic heterocycles. The highest BCUT2D eigenvalue weighted by Crippen LogP contribution is 2.34. The van der Waals surface area contributed by atoms with Crippen LogP contribution in [0.15, 0.2) is 12.5 Å². The van der Waals surface area contributed by atoms with Crippen LogP contribution in [-0.2, 0) is 11.0 Å². The van der Waals surface area contributed by atoms with E-state index in [1.807, 2.05) is 0 Å². The van der Waals surface area contributed by atoms with E-state index < -0.39 is 11.7 Å². The van der Waals surface area contributed by atoms with Gasteiger partial charge in [-0.05, 0) is 12.8 Å². The van der Waals surface area contributed by atoms with Gasteiger partial charge in [0.25, 0.3) is 0 Å². The molecule has 1 N–H and O–H groups in total. The summed E-state index contributed by atoms with van der Waals surface area (Å²) in [5.41, 5.74) is 1.46. The van der Waals surface area contributed by atoms with Gasteiger partial charge >= 0.3 is 6.18 Å². The van der Waals surface area contributed by atoms with Crippen LogP contribution in [0.4, 0.5) is 19.0 Å². The Morgan fingerprint density at radius 1 is 1.33 bits per heavy atom. The molecule has 0 spiro atoms. The van der Waals surface area contributed by atoms with Crippen molar-refractivity contribution in [1.29, 1.82) is 0 Å². The Morgan fingerprint density at radius 2 is 2.11 bits per heavy atom. The van der Waals surface area contributed by atoms with E-state index in [1.165, 1.54) is 0 Å². The molecule has 98 valence electrons. The van der Waals surface area contributed by atoms with Crippen molar-refractivity contribution < 1.29 is 18.0 Å². The first-order valence-corrected chi connectivity index (χ1v) is 5.42. The summed E-state index contributed by atoms with van der Waals surface area (Å²) in [6, 6.07) is 0. The normalized spacial score (nSPS) is 17.3. The van der Waals surface area contributed by atoms with Crippen molar-refractivity contribution in [3.05, 3.63) is 18.1 Å². The Morgan fingerprint density at radius 3 is 2.83 bits per heavy atom. The lowest BCUT2D eigenvalue weighted by molar-refractivity contribution is -0.137. The van der Waals surface area contributed by atoms with Crippen LogP contribution in [0.1, 0.15) is 24.8 Å². The summed E-state index contributed by atoms with van der Waals surface area (Å²) in [5, 5.41) is 1.14. The first-order chi connectivity index (χ1) is 8.48. The molecule has 0 aliphatic carbocycles. The molecule has 5 nitrogen and oxygen atoms in total. The highest BCUT2D eigenvalue weighted by molar-refractivity contribution is 5.78. The van der Waals surface area contributed by atoms with Crippen LogP contribution < -0.4 is 10.4 Å². The minimum absolute atomic E-state index is 0.297. The van der Waals surface area contributed by atoms with E-state index >= 15 is 0 Å². The van der Waals surface area contributed by atoms with Gasteiger partial charge in [-0.3, -0.25) is 15.2 Å². The fourth-order valence-corrected chi connectivity index (χ4v) is 1.71. The van der Waals surface area contributed by atoms with Crippen molar-refractivity contribution in [1.82, 2.24) is 15.4 Å². The largest absolute Gasteiger partial charge is 0.421 e. The van der Waals surface area contributed by atoms with Gasteiger partial charge < -0.3 is 0 Å². The number of nitrogens with one attached hydrogen (secondary N) is 1. The molecule has 0 bridgehead atoms. The zero-order chi connectivity index (χ0) is 13.2. The van der Waals surface area contributed by atoms with Crippen LogP contribution in [0.5, 0.6) is 0 Å². The third-order valence-electron chi connectivity index (χ3n) is 2.55. The van der Waals surface area contributed by atoms with Gasteiger partial charge in [0.2, 0.25) is 5.91 Å². The van der Waals surface area contributed by atoms with Crippen LogP contribution in [-0.4, -0.2) is 22.4 Å². The smallest absolute Gasteiger partial charge is 0.273 e. The van der Waals surface area contributed by atoms with E-state index in [-0.39, 0.29) is 11.7 Å². The van der Waals surface area contributed by atoms with Gasteiger partial charge in [-0.25, -0.2) is 9.97 Å². The monoisotopic (exact) mass is 260 g/mol. The average molecular weight is 260 g/mol. The SMILES string of the molecule is O=C1CCCCN(c2ncncc2C(F)(F)F)N1. The zero-order valence-corrected chi connectivity index (χ0v) is 9.37. The highest BCUT2D eigenvalue weighted by Gasteiger charge is 2.36. The molecule has 0 radical (unpaired) electrons. The van der Waals surface area contributed by atoms with E-state index in [9.17, 15) is 18.0 Å². The molecule has 1 aromatic heterocycles. The molecule has 0 saturated carbocycles. The van der Waals surface area contributed by atoms with Crippen molar-refractivity contribution in [2.24, 2.45) is 0 Å². The second kappa shape index (κ2) is 4.79. The van der Waals surface area contributed by atoms with Crippen LogP contribution in [0.3, 0.4) is 0 Å². The summed E-state index contributed by atoms with van der Waals surface area (Å²) in [6.45, 7) is 0.297. The number of amides is 1. The van der Waals surface area contributed by atoms with Crippen LogP contribution in [0, 0.1) is 0 Å². The van der Waals surface area contributed by atoms with E-state index in [0.29, 0.717) is 32.0 Å². The second-order valence-corrected chi connectivity index (χ2v) is 3.90. The molecular formula is C10H11F3N4O. The summed E-state index contributed by atoms with van der Waals surface area (Å²) in [6.07, 6.45) is -1.23. The standard InChI is InChI=1S/C10H11F3N4O/c11-10(12,13)7-5-14-6-15-9(7)17-4-2-1-3-8(18)16-17/h5-6H,1-4H2,(H,16,18). The Hall–Kier alpha value is -1.86.